The van der Waals surface area contributed by atoms with Crippen molar-refractivity contribution in [2.75, 3.05) is 9.96 Å². The molecule has 2 fully saturated rings. The first-order chi connectivity index (χ1) is 16.8. The average molecular weight is 478 g/mol. The maximum Gasteiger partial charge on any atom is 0.274 e. The van der Waals surface area contributed by atoms with Crippen LogP contribution in [0.3, 0.4) is 0 Å². The van der Waals surface area contributed by atoms with Crippen LogP contribution >= 0.6 is 0 Å². The number of nitro groups is 2. The molecule has 0 aliphatic carbocycles. The molecule has 3 atom stereocenters. The summed E-state index contributed by atoms with van der Waals surface area (Å²) in [6, 6.07) is 14.6. The van der Waals surface area contributed by atoms with E-state index in [0.29, 0.717) is 0 Å². The lowest BCUT2D eigenvalue weighted by Gasteiger charge is -2.28. The number of carbonyl (C=O) groups is 2. The number of imide groups is 1. The lowest BCUT2D eigenvalue weighted by molar-refractivity contribution is -0.385. The molecule has 0 radical (unpaired) electrons. The SMILES string of the molecule is O=C1[C@H]2[C@@H](ON(c3cccc([N+](=O)[O-])c3)[C@H]2c2ccccc2[N+](=O)[O-])C(=O)N1c1ccc(F)cc1. The Kier molecular flexibility index (Phi) is 5.21. The third-order valence-electron chi connectivity index (χ3n) is 5.95. The number of rotatable bonds is 5. The summed E-state index contributed by atoms with van der Waals surface area (Å²) in [4.78, 5) is 55.4. The van der Waals surface area contributed by atoms with Crippen molar-refractivity contribution in [2.24, 2.45) is 5.92 Å². The smallest absolute Gasteiger partial charge is 0.273 e. The van der Waals surface area contributed by atoms with E-state index >= 15 is 0 Å². The largest absolute Gasteiger partial charge is 0.274 e. The van der Waals surface area contributed by atoms with Gasteiger partial charge in [0.1, 0.15) is 17.8 Å². The van der Waals surface area contributed by atoms with Gasteiger partial charge in [-0.05, 0) is 36.4 Å². The Morgan fingerprint density at radius 2 is 1.54 bits per heavy atom. The number of fused-ring (bicyclic) bond motifs is 1. The van der Waals surface area contributed by atoms with Crippen molar-refractivity contribution in [3.8, 4) is 0 Å². The second-order valence-corrected chi connectivity index (χ2v) is 7.90. The summed E-state index contributed by atoms with van der Waals surface area (Å²) >= 11 is 0. The van der Waals surface area contributed by atoms with Crippen molar-refractivity contribution in [1.29, 1.82) is 0 Å². The zero-order valence-electron chi connectivity index (χ0n) is 17.7. The van der Waals surface area contributed by atoms with E-state index in [1.54, 1.807) is 6.07 Å². The van der Waals surface area contributed by atoms with Crippen LogP contribution < -0.4 is 9.96 Å². The summed E-state index contributed by atoms with van der Waals surface area (Å²) in [5.74, 6) is -3.18. The van der Waals surface area contributed by atoms with Crippen molar-refractivity contribution in [2.45, 2.75) is 12.1 Å². The zero-order chi connectivity index (χ0) is 24.9. The minimum atomic E-state index is -1.35. The van der Waals surface area contributed by atoms with Crippen molar-refractivity contribution < 1.29 is 28.7 Å². The molecule has 2 aliphatic rings. The third-order valence-corrected chi connectivity index (χ3v) is 5.95. The maximum absolute atomic E-state index is 13.5. The fourth-order valence-electron chi connectivity index (χ4n) is 4.45. The van der Waals surface area contributed by atoms with E-state index in [0.717, 1.165) is 22.1 Å². The van der Waals surface area contributed by atoms with Crippen LogP contribution in [0.1, 0.15) is 11.6 Å². The molecule has 176 valence electrons. The van der Waals surface area contributed by atoms with Crippen LogP contribution in [-0.4, -0.2) is 27.8 Å². The van der Waals surface area contributed by atoms with E-state index in [4.69, 9.17) is 4.84 Å². The van der Waals surface area contributed by atoms with Gasteiger partial charge in [0.2, 0.25) is 5.91 Å². The number of benzene rings is 3. The van der Waals surface area contributed by atoms with Gasteiger partial charge in [0.05, 0.1) is 26.8 Å². The molecular formula is C23H15FN4O7. The van der Waals surface area contributed by atoms with Crippen molar-refractivity contribution in [1.82, 2.24) is 0 Å². The molecule has 3 aromatic carbocycles. The van der Waals surface area contributed by atoms with Crippen LogP contribution in [0.15, 0.2) is 72.8 Å². The number of hydroxylamine groups is 1. The fraction of sp³-hybridized carbons (Fsp3) is 0.130. The molecule has 0 N–H and O–H groups in total. The molecule has 2 aliphatic heterocycles. The van der Waals surface area contributed by atoms with Gasteiger partial charge in [-0.15, -0.1) is 0 Å². The lowest BCUT2D eigenvalue weighted by Crippen LogP contribution is -2.37. The highest BCUT2D eigenvalue weighted by molar-refractivity contribution is 6.24. The monoisotopic (exact) mass is 478 g/mol. The minimum Gasteiger partial charge on any atom is -0.273 e. The molecule has 5 rings (SSSR count). The van der Waals surface area contributed by atoms with E-state index in [1.807, 2.05) is 0 Å². The number of anilines is 2. The van der Waals surface area contributed by atoms with Gasteiger partial charge < -0.3 is 0 Å². The van der Waals surface area contributed by atoms with Gasteiger partial charge in [-0.2, -0.15) is 0 Å². The Morgan fingerprint density at radius 1 is 0.829 bits per heavy atom. The van der Waals surface area contributed by atoms with Crippen molar-refractivity contribution in [3.63, 3.8) is 0 Å². The molecule has 2 saturated heterocycles. The average Bonchev–Trinajstić information content (AvgIpc) is 3.36. The molecule has 0 saturated carbocycles. The summed E-state index contributed by atoms with van der Waals surface area (Å²) in [6.07, 6.45) is -1.35. The lowest BCUT2D eigenvalue weighted by atomic mass is 9.89. The van der Waals surface area contributed by atoms with Crippen LogP contribution in [0.4, 0.5) is 27.1 Å². The van der Waals surface area contributed by atoms with Gasteiger partial charge in [-0.3, -0.25) is 34.7 Å². The van der Waals surface area contributed by atoms with E-state index in [-0.39, 0.29) is 28.3 Å². The van der Waals surface area contributed by atoms with Crippen LogP contribution in [0.2, 0.25) is 0 Å². The molecule has 0 bridgehead atoms. The summed E-state index contributed by atoms with van der Waals surface area (Å²) in [6.45, 7) is 0. The number of nitrogens with zero attached hydrogens (tertiary/aromatic N) is 4. The van der Waals surface area contributed by atoms with Gasteiger partial charge in [-0.1, -0.05) is 18.2 Å². The molecule has 11 nitrogen and oxygen atoms in total. The van der Waals surface area contributed by atoms with Gasteiger partial charge >= 0.3 is 0 Å². The number of amides is 2. The maximum atomic E-state index is 13.5. The summed E-state index contributed by atoms with van der Waals surface area (Å²) < 4.78 is 13.4. The highest BCUT2D eigenvalue weighted by Crippen LogP contribution is 2.49. The first-order valence-electron chi connectivity index (χ1n) is 10.3. The Labute approximate surface area is 196 Å². The normalized spacial score (nSPS) is 21.3. The van der Waals surface area contributed by atoms with Crippen LogP contribution in [0, 0.1) is 32.0 Å². The second-order valence-electron chi connectivity index (χ2n) is 7.90. The first kappa shape index (κ1) is 22.1. The Bertz CT molecular complexity index is 1380. The molecule has 0 aromatic heterocycles. The summed E-state index contributed by atoms with van der Waals surface area (Å²) in [5, 5.41) is 24.2. The van der Waals surface area contributed by atoms with E-state index in [2.05, 4.69) is 0 Å². The molecular weight excluding hydrogens is 463 g/mol. The van der Waals surface area contributed by atoms with E-state index < -0.39 is 45.5 Å². The number of halogens is 1. The fourth-order valence-corrected chi connectivity index (χ4v) is 4.45. The summed E-state index contributed by atoms with van der Waals surface area (Å²) in [5.41, 5.74) is -0.209. The number of carbonyl (C=O) groups excluding carboxylic acids is 2. The molecule has 2 amide bonds. The standard InChI is InChI=1S/C23H15FN4O7/c24-13-8-10-14(11-9-13)25-22(29)19-20(17-6-1-2-7-18(17)28(33)34)26(35-21(19)23(25)30)15-4-3-5-16(12-15)27(31)32/h1-12,19-21H/t19-,20+,21-/m1/s1. The van der Waals surface area contributed by atoms with Gasteiger partial charge in [0.25, 0.3) is 17.3 Å². The summed E-state index contributed by atoms with van der Waals surface area (Å²) in [7, 11) is 0. The highest BCUT2D eigenvalue weighted by atomic mass is 19.1. The predicted molar refractivity (Wildman–Crippen MR) is 119 cm³/mol. The van der Waals surface area contributed by atoms with E-state index in [9.17, 15) is 34.2 Å². The van der Waals surface area contributed by atoms with Gasteiger partial charge in [0, 0.05) is 18.2 Å². The second kappa shape index (κ2) is 8.25. The van der Waals surface area contributed by atoms with Crippen LogP contribution in [0.5, 0.6) is 0 Å². The first-order valence-corrected chi connectivity index (χ1v) is 10.3. The predicted octanol–water partition coefficient (Wildman–Crippen LogP) is 3.69. The molecule has 35 heavy (non-hydrogen) atoms. The zero-order valence-corrected chi connectivity index (χ0v) is 17.7. The van der Waals surface area contributed by atoms with Gasteiger partial charge in [-0.25, -0.2) is 14.4 Å². The molecule has 12 heteroatoms. The Balaban J connectivity index is 1.64. The highest BCUT2D eigenvalue weighted by Gasteiger charge is 2.61. The topological polar surface area (TPSA) is 136 Å². The number of nitro benzene ring substituents is 2. The quantitative estimate of drug-likeness (QED) is 0.308. The minimum absolute atomic E-state index is 0.0959. The van der Waals surface area contributed by atoms with Crippen molar-refractivity contribution in [3.05, 3.63) is 104 Å². The van der Waals surface area contributed by atoms with Crippen molar-refractivity contribution >= 4 is 34.6 Å². The molecule has 0 unspecified atom stereocenters. The van der Waals surface area contributed by atoms with Crippen LogP contribution in [-0.2, 0) is 14.4 Å². The number of non-ortho nitro benzene ring substituents is 1. The molecule has 0 spiro atoms. The molecule has 2 heterocycles. The number of hydrogen-bond acceptors (Lipinski definition) is 8. The number of para-hydroxylation sites is 1. The Hall–Kier alpha value is -4.71. The third kappa shape index (κ3) is 3.56. The molecule has 3 aromatic rings. The van der Waals surface area contributed by atoms with Gasteiger partial charge in [0.15, 0.2) is 6.10 Å². The van der Waals surface area contributed by atoms with Crippen LogP contribution in [0.25, 0.3) is 0 Å². The number of hydrogen-bond donors (Lipinski definition) is 0. The Morgan fingerprint density at radius 3 is 2.23 bits per heavy atom. The van der Waals surface area contributed by atoms with E-state index in [1.165, 1.54) is 54.6 Å².